The van der Waals surface area contributed by atoms with Crippen molar-refractivity contribution in [2.24, 2.45) is 0 Å². The first-order valence-electron chi connectivity index (χ1n) is 6.77. The Balaban J connectivity index is 2.16. The van der Waals surface area contributed by atoms with Gasteiger partial charge in [0.05, 0.1) is 16.5 Å². The Bertz CT molecular complexity index is 741. The highest BCUT2D eigenvalue weighted by Crippen LogP contribution is 2.23. The Morgan fingerprint density at radius 3 is 2.88 bits per heavy atom. The highest BCUT2D eigenvalue weighted by Gasteiger charge is 2.29. The molecule has 24 heavy (non-hydrogen) atoms. The van der Waals surface area contributed by atoms with E-state index >= 15 is 0 Å². The molecule has 1 aliphatic heterocycles. The number of carbonyl (C=O) groups is 1. The number of nitrogens with one attached hydrogen (secondary N) is 2. The normalized spacial score (nSPS) is 17.1. The minimum atomic E-state index is -0.910. The summed E-state index contributed by atoms with van der Waals surface area (Å²) in [5.41, 5.74) is 0.569. The Labute approximate surface area is 147 Å². The van der Waals surface area contributed by atoms with Crippen LogP contribution in [0.3, 0.4) is 0 Å². The van der Waals surface area contributed by atoms with Gasteiger partial charge in [0.2, 0.25) is 0 Å². The van der Waals surface area contributed by atoms with Crippen LogP contribution in [0.5, 0.6) is 0 Å². The van der Waals surface area contributed by atoms with Crippen LogP contribution in [0.1, 0.15) is 12.5 Å². The molecule has 0 saturated carbocycles. The summed E-state index contributed by atoms with van der Waals surface area (Å²) >= 11 is 10.9. The van der Waals surface area contributed by atoms with E-state index in [9.17, 15) is 19.3 Å². The summed E-state index contributed by atoms with van der Waals surface area (Å²) in [6.45, 7) is 0.452. The van der Waals surface area contributed by atoms with Gasteiger partial charge in [0.15, 0.2) is 5.11 Å². The molecule has 2 N–H and O–H groups in total. The average Bonchev–Trinajstić information content (AvgIpc) is 2.52. The molecule has 1 aromatic carbocycles. The van der Waals surface area contributed by atoms with Crippen molar-refractivity contribution < 1.29 is 18.8 Å². The van der Waals surface area contributed by atoms with Gasteiger partial charge in [0.1, 0.15) is 13.3 Å². The van der Waals surface area contributed by atoms with Gasteiger partial charge in [-0.2, -0.15) is 0 Å². The summed E-state index contributed by atoms with van der Waals surface area (Å²) in [4.78, 5) is 22.4. The highest BCUT2D eigenvalue weighted by atomic mass is 35.5. The van der Waals surface area contributed by atoms with Gasteiger partial charge < -0.3 is 15.4 Å². The zero-order valence-electron chi connectivity index (χ0n) is 12.5. The van der Waals surface area contributed by atoms with Crippen molar-refractivity contribution in [3.8, 4) is 0 Å². The molecule has 1 heterocycles. The zero-order chi connectivity index (χ0) is 17.9. The van der Waals surface area contributed by atoms with Crippen LogP contribution in [0.4, 0.5) is 10.1 Å². The van der Waals surface area contributed by atoms with E-state index in [1.807, 2.05) is 0 Å². The lowest BCUT2D eigenvalue weighted by molar-refractivity contribution is -0.384. The number of nitro benzene ring substituents is 1. The van der Waals surface area contributed by atoms with Crippen LogP contribution >= 0.6 is 23.8 Å². The number of allylic oxidation sites excluding steroid dienone is 1. The van der Waals surface area contributed by atoms with E-state index in [2.05, 4.69) is 10.6 Å². The molecular formula is C14H13ClFN3O4S. The van der Waals surface area contributed by atoms with Gasteiger partial charge in [-0.3, -0.25) is 10.1 Å². The predicted molar refractivity (Wildman–Crippen MR) is 89.2 cm³/mol. The number of rotatable bonds is 5. The minimum Gasteiger partial charge on any atom is -0.457 e. The van der Waals surface area contributed by atoms with Gasteiger partial charge in [0.25, 0.3) is 5.69 Å². The number of halogens is 2. The van der Waals surface area contributed by atoms with Gasteiger partial charge in [-0.15, -0.1) is 0 Å². The van der Waals surface area contributed by atoms with E-state index in [-0.39, 0.29) is 33.6 Å². The third kappa shape index (κ3) is 3.98. The second-order valence-corrected chi connectivity index (χ2v) is 5.77. The Morgan fingerprint density at radius 2 is 2.25 bits per heavy atom. The lowest BCUT2D eigenvalue weighted by Gasteiger charge is -2.27. The van der Waals surface area contributed by atoms with Crippen molar-refractivity contribution in [1.82, 2.24) is 10.6 Å². The van der Waals surface area contributed by atoms with Crippen molar-refractivity contribution in [3.05, 3.63) is 50.2 Å². The summed E-state index contributed by atoms with van der Waals surface area (Å²) in [6.07, 6.45) is 0. The quantitative estimate of drug-likeness (QED) is 0.354. The molecular weight excluding hydrogens is 361 g/mol. The number of nitro groups is 1. The van der Waals surface area contributed by atoms with E-state index in [1.165, 1.54) is 18.2 Å². The molecule has 7 nitrogen and oxygen atoms in total. The number of nitrogens with zero attached hydrogens (tertiary/aromatic N) is 1. The molecule has 10 heteroatoms. The van der Waals surface area contributed by atoms with Crippen LogP contribution in [-0.4, -0.2) is 28.7 Å². The molecule has 0 bridgehead atoms. The summed E-state index contributed by atoms with van der Waals surface area (Å²) in [5.74, 6) is -0.764. The fourth-order valence-electron chi connectivity index (χ4n) is 2.18. The van der Waals surface area contributed by atoms with Gasteiger partial charge in [-0.25, -0.2) is 9.18 Å². The number of alkyl halides is 1. The molecule has 1 aromatic rings. The van der Waals surface area contributed by atoms with Gasteiger partial charge in [0, 0.05) is 28.4 Å². The van der Waals surface area contributed by atoms with Crippen LogP contribution in [0, 0.1) is 10.1 Å². The number of carbonyl (C=O) groups excluding carboxylic acids is 1. The highest BCUT2D eigenvalue weighted by molar-refractivity contribution is 7.80. The topological polar surface area (TPSA) is 93.5 Å². The number of thiocarbonyl (C=S) groups is 1. The number of non-ortho nitro benzene ring substituents is 1. The molecule has 128 valence electrons. The summed E-state index contributed by atoms with van der Waals surface area (Å²) < 4.78 is 18.2. The van der Waals surface area contributed by atoms with Gasteiger partial charge in [-0.1, -0.05) is 11.6 Å². The molecule has 0 fully saturated rings. The molecule has 1 aliphatic rings. The molecule has 0 aromatic heterocycles. The van der Waals surface area contributed by atoms with Crippen LogP contribution in [0.15, 0.2) is 29.5 Å². The molecule has 0 saturated heterocycles. The number of benzene rings is 1. The lowest BCUT2D eigenvalue weighted by atomic mass is 10.0. The number of esters is 1. The third-order valence-electron chi connectivity index (χ3n) is 3.33. The van der Waals surface area contributed by atoms with Gasteiger partial charge >= 0.3 is 5.97 Å². The maximum Gasteiger partial charge on any atom is 0.338 e. The maximum absolute atomic E-state index is 13.1. The fraction of sp³-hybridized carbons (Fsp3) is 0.286. The third-order valence-corrected chi connectivity index (χ3v) is 3.92. The second kappa shape index (κ2) is 7.54. The summed E-state index contributed by atoms with van der Waals surface area (Å²) in [6, 6.07) is 2.90. The molecule has 2 rings (SSSR count). The Hall–Kier alpha value is -2.26. The summed E-state index contributed by atoms with van der Waals surface area (Å²) in [7, 11) is 0. The molecule has 0 spiro atoms. The van der Waals surface area contributed by atoms with E-state index in [1.54, 1.807) is 6.92 Å². The van der Waals surface area contributed by atoms with E-state index in [4.69, 9.17) is 28.6 Å². The van der Waals surface area contributed by atoms with Crippen LogP contribution in [0.2, 0.25) is 5.02 Å². The monoisotopic (exact) mass is 373 g/mol. The molecule has 0 aliphatic carbocycles. The zero-order valence-corrected chi connectivity index (χ0v) is 14.0. The average molecular weight is 374 g/mol. The van der Waals surface area contributed by atoms with Crippen molar-refractivity contribution in [2.75, 3.05) is 6.67 Å². The largest absolute Gasteiger partial charge is 0.457 e. The molecule has 0 amide bonds. The van der Waals surface area contributed by atoms with Gasteiger partial charge in [-0.05, 0) is 25.2 Å². The lowest BCUT2D eigenvalue weighted by Crippen LogP contribution is -2.50. The predicted octanol–water partition coefficient (Wildman–Crippen LogP) is 2.38. The van der Waals surface area contributed by atoms with Crippen LogP contribution in [0.25, 0.3) is 0 Å². The Kier molecular flexibility index (Phi) is 5.68. The van der Waals surface area contributed by atoms with Crippen molar-refractivity contribution >= 4 is 40.6 Å². The molecule has 1 unspecified atom stereocenters. The first kappa shape index (κ1) is 18.1. The Morgan fingerprint density at radius 1 is 1.54 bits per heavy atom. The first-order chi connectivity index (χ1) is 11.3. The SMILES string of the molecule is CC1=C(C(=O)OCc2cc([N+](=O)[O-])ccc2Cl)C(CF)NC(=S)N1. The smallest absolute Gasteiger partial charge is 0.338 e. The van der Waals surface area contributed by atoms with E-state index in [0.29, 0.717) is 5.70 Å². The molecule has 0 radical (unpaired) electrons. The van der Waals surface area contributed by atoms with E-state index in [0.717, 1.165) is 0 Å². The minimum absolute atomic E-state index is 0.0765. The molecule has 1 atom stereocenters. The van der Waals surface area contributed by atoms with Crippen molar-refractivity contribution in [3.63, 3.8) is 0 Å². The standard InChI is InChI=1S/C14H13ClFN3O4S/c1-7-12(11(5-16)18-14(24)17-7)13(20)23-6-8-4-9(19(21)22)2-3-10(8)15/h2-4,11H,5-6H2,1H3,(H2,17,18,24). The number of hydrogen-bond acceptors (Lipinski definition) is 5. The van der Waals surface area contributed by atoms with Crippen LogP contribution < -0.4 is 10.6 Å². The number of ether oxygens (including phenoxy) is 1. The maximum atomic E-state index is 13.1. The fourth-order valence-corrected chi connectivity index (χ4v) is 2.65. The number of hydrogen-bond donors (Lipinski definition) is 2. The van der Waals surface area contributed by atoms with Crippen LogP contribution in [-0.2, 0) is 16.1 Å². The first-order valence-corrected chi connectivity index (χ1v) is 7.56. The van der Waals surface area contributed by atoms with Crippen molar-refractivity contribution in [1.29, 1.82) is 0 Å². The van der Waals surface area contributed by atoms with Crippen molar-refractivity contribution in [2.45, 2.75) is 19.6 Å². The second-order valence-electron chi connectivity index (χ2n) is 4.95. The summed E-state index contributed by atoms with van der Waals surface area (Å²) in [5, 5.41) is 16.6. The van der Waals surface area contributed by atoms with E-state index < -0.39 is 23.6 Å².